The molecule has 1 saturated heterocycles. The van der Waals surface area contributed by atoms with Crippen molar-refractivity contribution in [3.05, 3.63) is 0 Å². The SMILES string of the molecule is CC(=O)CC(C)N1CC(C)OC(C)C1. The summed E-state index contributed by atoms with van der Waals surface area (Å²) in [5.74, 6) is 0.268. The number of morpholine rings is 1. The summed E-state index contributed by atoms with van der Waals surface area (Å²) in [5, 5.41) is 0. The van der Waals surface area contributed by atoms with Crippen molar-refractivity contribution >= 4 is 5.78 Å². The highest BCUT2D eigenvalue weighted by molar-refractivity contribution is 5.76. The van der Waals surface area contributed by atoms with Crippen molar-refractivity contribution < 1.29 is 9.53 Å². The Kier molecular flexibility index (Phi) is 4.08. The highest BCUT2D eigenvalue weighted by Gasteiger charge is 2.25. The molecular weight excluding hydrogens is 178 g/mol. The van der Waals surface area contributed by atoms with Crippen molar-refractivity contribution in [2.24, 2.45) is 0 Å². The van der Waals surface area contributed by atoms with Crippen molar-refractivity contribution in [2.45, 2.75) is 52.4 Å². The summed E-state index contributed by atoms with van der Waals surface area (Å²) in [4.78, 5) is 13.3. The van der Waals surface area contributed by atoms with Gasteiger partial charge in [-0.05, 0) is 27.7 Å². The lowest BCUT2D eigenvalue weighted by Gasteiger charge is -2.38. The summed E-state index contributed by atoms with van der Waals surface area (Å²) in [6, 6.07) is 0.348. The molecule has 0 amide bonds. The normalized spacial score (nSPS) is 31.4. The van der Waals surface area contributed by atoms with E-state index in [9.17, 15) is 4.79 Å². The van der Waals surface area contributed by atoms with E-state index < -0.39 is 0 Å². The Bertz CT molecular complexity index is 195. The van der Waals surface area contributed by atoms with Gasteiger partial charge in [-0.1, -0.05) is 0 Å². The van der Waals surface area contributed by atoms with E-state index in [0.717, 1.165) is 13.1 Å². The lowest BCUT2D eigenvalue weighted by Crippen LogP contribution is -2.49. The Morgan fingerprint density at radius 1 is 1.43 bits per heavy atom. The second-order valence-corrected chi connectivity index (χ2v) is 4.47. The Morgan fingerprint density at radius 2 is 1.93 bits per heavy atom. The van der Waals surface area contributed by atoms with E-state index in [1.54, 1.807) is 6.92 Å². The molecule has 14 heavy (non-hydrogen) atoms. The minimum absolute atomic E-state index is 0.268. The van der Waals surface area contributed by atoms with Crippen LogP contribution in [0.4, 0.5) is 0 Å². The quantitative estimate of drug-likeness (QED) is 0.689. The largest absolute Gasteiger partial charge is 0.373 e. The van der Waals surface area contributed by atoms with Crippen LogP contribution in [0, 0.1) is 0 Å². The highest BCUT2D eigenvalue weighted by atomic mass is 16.5. The topological polar surface area (TPSA) is 29.5 Å². The van der Waals surface area contributed by atoms with Gasteiger partial charge in [-0.15, -0.1) is 0 Å². The first-order chi connectivity index (χ1) is 6.49. The molecule has 0 aromatic heterocycles. The van der Waals surface area contributed by atoms with Gasteiger partial charge in [0.25, 0.3) is 0 Å². The van der Waals surface area contributed by atoms with Gasteiger partial charge in [0, 0.05) is 25.6 Å². The highest BCUT2D eigenvalue weighted by Crippen LogP contribution is 2.15. The van der Waals surface area contributed by atoms with E-state index in [0.29, 0.717) is 12.5 Å². The smallest absolute Gasteiger partial charge is 0.131 e. The van der Waals surface area contributed by atoms with E-state index in [4.69, 9.17) is 4.74 Å². The van der Waals surface area contributed by atoms with Gasteiger partial charge >= 0.3 is 0 Å². The summed E-state index contributed by atoms with van der Waals surface area (Å²) in [7, 11) is 0. The van der Waals surface area contributed by atoms with Crippen LogP contribution in [0.25, 0.3) is 0 Å². The predicted molar refractivity (Wildman–Crippen MR) is 56.3 cm³/mol. The Hall–Kier alpha value is -0.410. The van der Waals surface area contributed by atoms with Crippen LogP contribution < -0.4 is 0 Å². The molecule has 1 aliphatic rings. The maximum atomic E-state index is 11.0. The fourth-order valence-electron chi connectivity index (χ4n) is 2.12. The molecule has 1 rings (SSSR count). The van der Waals surface area contributed by atoms with Crippen LogP contribution in [0.1, 0.15) is 34.1 Å². The van der Waals surface area contributed by atoms with Gasteiger partial charge in [0.1, 0.15) is 5.78 Å². The van der Waals surface area contributed by atoms with Crippen LogP contribution in [-0.4, -0.2) is 42.0 Å². The number of carbonyl (C=O) groups is 1. The molecule has 1 heterocycles. The van der Waals surface area contributed by atoms with Crippen molar-refractivity contribution in [3.8, 4) is 0 Å². The molecular formula is C11H21NO2. The van der Waals surface area contributed by atoms with Crippen molar-refractivity contribution in [1.29, 1.82) is 0 Å². The number of nitrogens with zero attached hydrogens (tertiary/aromatic N) is 1. The van der Waals surface area contributed by atoms with Crippen LogP contribution in [0.2, 0.25) is 0 Å². The first-order valence-electron chi connectivity index (χ1n) is 5.38. The molecule has 0 bridgehead atoms. The monoisotopic (exact) mass is 199 g/mol. The first-order valence-corrected chi connectivity index (χ1v) is 5.38. The number of rotatable bonds is 3. The minimum Gasteiger partial charge on any atom is -0.373 e. The van der Waals surface area contributed by atoms with Gasteiger partial charge in [0.05, 0.1) is 12.2 Å². The molecule has 0 aromatic rings. The van der Waals surface area contributed by atoms with E-state index in [-0.39, 0.29) is 18.0 Å². The van der Waals surface area contributed by atoms with Crippen molar-refractivity contribution in [1.82, 2.24) is 4.90 Å². The molecule has 0 saturated carbocycles. The van der Waals surface area contributed by atoms with Crippen LogP contribution in [0.3, 0.4) is 0 Å². The lowest BCUT2D eigenvalue weighted by atomic mass is 10.1. The second-order valence-electron chi connectivity index (χ2n) is 4.47. The van der Waals surface area contributed by atoms with Crippen molar-refractivity contribution in [3.63, 3.8) is 0 Å². The summed E-state index contributed by atoms with van der Waals surface area (Å²) >= 11 is 0. The van der Waals surface area contributed by atoms with Crippen LogP contribution in [0.5, 0.6) is 0 Å². The standard InChI is InChI=1S/C11H21NO2/c1-8(5-9(2)13)12-6-10(3)14-11(4)7-12/h8,10-11H,5-7H2,1-4H3. The molecule has 3 atom stereocenters. The van der Waals surface area contributed by atoms with Crippen molar-refractivity contribution in [2.75, 3.05) is 13.1 Å². The van der Waals surface area contributed by atoms with Crippen LogP contribution in [-0.2, 0) is 9.53 Å². The molecule has 1 aliphatic heterocycles. The van der Waals surface area contributed by atoms with E-state index in [2.05, 4.69) is 25.7 Å². The predicted octanol–water partition coefficient (Wildman–Crippen LogP) is 1.46. The zero-order valence-electron chi connectivity index (χ0n) is 9.62. The maximum absolute atomic E-state index is 11.0. The molecule has 0 spiro atoms. The molecule has 0 aromatic carbocycles. The molecule has 3 nitrogen and oxygen atoms in total. The molecule has 82 valence electrons. The number of hydrogen-bond donors (Lipinski definition) is 0. The molecule has 3 unspecified atom stereocenters. The zero-order valence-corrected chi connectivity index (χ0v) is 9.62. The molecule has 0 N–H and O–H groups in total. The minimum atomic E-state index is 0.268. The summed E-state index contributed by atoms with van der Waals surface area (Å²) in [6.07, 6.45) is 1.22. The van der Waals surface area contributed by atoms with E-state index in [1.807, 2.05) is 0 Å². The third kappa shape index (κ3) is 3.39. The van der Waals surface area contributed by atoms with Gasteiger partial charge in [-0.2, -0.15) is 0 Å². The Balaban J connectivity index is 2.46. The first kappa shape index (κ1) is 11.7. The number of Topliss-reactive ketones (excluding diaryl/α,β-unsaturated/α-hetero) is 1. The van der Waals surface area contributed by atoms with Crippen LogP contribution in [0.15, 0.2) is 0 Å². The number of ether oxygens (including phenoxy) is 1. The zero-order chi connectivity index (χ0) is 10.7. The molecule has 1 fully saturated rings. The third-order valence-corrected chi connectivity index (χ3v) is 2.65. The van der Waals surface area contributed by atoms with Gasteiger partial charge < -0.3 is 4.74 Å². The fourth-order valence-corrected chi connectivity index (χ4v) is 2.12. The van der Waals surface area contributed by atoms with E-state index >= 15 is 0 Å². The lowest BCUT2D eigenvalue weighted by molar-refractivity contribution is -0.120. The van der Waals surface area contributed by atoms with Gasteiger partial charge in [0.15, 0.2) is 0 Å². The van der Waals surface area contributed by atoms with Crippen LogP contribution >= 0.6 is 0 Å². The van der Waals surface area contributed by atoms with E-state index in [1.165, 1.54) is 0 Å². The maximum Gasteiger partial charge on any atom is 0.131 e. The average molecular weight is 199 g/mol. The second kappa shape index (κ2) is 4.89. The Morgan fingerprint density at radius 3 is 2.36 bits per heavy atom. The molecule has 3 heteroatoms. The number of carbonyl (C=O) groups excluding carboxylic acids is 1. The van der Waals surface area contributed by atoms with Gasteiger partial charge in [-0.25, -0.2) is 0 Å². The number of ketones is 1. The van der Waals surface area contributed by atoms with Gasteiger partial charge in [0.2, 0.25) is 0 Å². The summed E-state index contributed by atoms with van der Waals surface area (Å²) < 4.78 is 5.64. The fraction of sp³-hybridized carbons (Fsp3) is 0.909. The van der Waals surface area contributed by atoms with Gasteiger partial charge in [-0.3, -0.25) is 9.69 Å². The third-order valence-electron chi connectivity index (χ3n) is 2.65. The molecule has 0 aliphatic carbocycles. The number of hydrogen-bond acceptors (Lipinski definition) is 3. The average Bonchev–Trinajstić information content (AvgIpc) is 2.00. The summed E-state index contributed by atoms with van der Waals surface area (Å²) in [5.41, 5.74) is 0. The molecule has 0 radical (unpaired) electrons. The Labute approximate surface area is 86.4 Å². The summed E-state index contributed by atoms with van der Waals surface area (Å²) in [6.45, 7) is 9.83.